The van der Waals surface area contributed by atoms with Crippen LogP contribution in [0.2, 0.25) is 5.28 Å². The largest absolute Gasteiger partial charge is 0.173 e. The van der Waals surface area contributed by atoms with Gasteiger partial charge in [0.25, 0.3) is 0 Å². The molecule has 0 nitrogen and oxygen atoms in total. The molecule has 0 aromatic carbocycles. The molecule has 0 fully saturated rings. The molecule has 0 bridgehead atoms. The standard InChI is InChI=1S/C4H9.Al.H/c1-3-4-2;;/h1,3-4H2,2H3;;. The van der Waals surface area contributed by atoms with Gasteiger partial charge in [-0.3, -0.25) is 0 Å². The van der Waals surface area contributed by atoms with E-state index >= 15 is 0 Å². The van der Waals surface area contributed by atoms with Gasteiger partial charge in [0.15, 0.2) is 16.3 Å². The summed E-state index contributed by atoms with van der Waals surface area (Å²) in [4.78, 5) is 0. The van der Waals surface area contributed by atoms with Crippen LogP contribution in [0.4, 0.5) is 0 Å². The Kier molecular flexibility index (Phi) is 5.02. The van der Waals surface area contributed by atoms with Crippen molar-refractivity contribution in [1.29, 1.82) is 0 Å². The smallest absolute Gasteiger partial charge is 0.109 e. The van der Waals surface area contributed by atoms with Crippen LogP contribution < -0.4 is 0 Å². The van der Waals surface area contributed by atoms with Crippen LogP contribution in [0.15, 0.2) is 0 Å². The van der Waals surface area contributed by atoms with E-state index in [1.807, 2.05) is 16.3 Å². The molecule has 0 amide bonds. The molecule has 1 radical (unpaired) electrons. The number of hydrogen-bond donors (Lipinski definition) is 0. The summed E-state index contributed by atoms with van der Waals surface area (Å²) in [5.74, 6) is 0. The summed E-state index contributed by atoms with van der Waals surface area (Å²) in [7, 11) is 0. The number of hydrogen-bond acceptors (Lipinski definition) is 0. The van der Waals surface area contributed by atoms with Gasteiger partial charge in [-0.15, -0.1) is 5.28 Å². The number of rotatable bonds is 2. The van der Waals surface area contributed by atoms with Crippen molar-refractivity contribution >= 4 is 16.3 Å². The molecular weight excluding hydrogens is 75.0 g/mol. The maximum absolute atomic E-state index is 2.22. The van der Waals surface area contributed by atoms with Gasteiger partial charge < -0.3 is 0 Å². The maximum atomic E-state index is 2.22. The quantitative estimate of drug-likeness (QED) is 0.440. The molecule has 0 aliphatic rings. The van der Waals surface area contributed by atoms with Crippen molar-refractivity contribution in [3.8, 4) is 0 Å². The molecule has 0 rings (SSSR count). The van der Waals surface area contributed by atoms with E-state index in [1.165, 1.54) is 18.1 Å². The van der Waals surface area contributed by atoms with E-state index in [-0.39, 0.29) is 0 Å². The van der Waals surface area contributed by atoms with Gasteiger partial charge in [0.1, 0.15) is 0 Å². The van der Waals surface area contributed by atoms with Crippen molar-refractivity contribution in [3.05, 3.63) is 0 Å². The van der Waals surface area contributed by atoms with E-state index in [2.05, 4.69) is 6.92 Å². The fraction of sp³-hybridized carbons (Fsp3) is 1.00. The van der Waals surface area contributed by atoms with E-state index in [0.29, 0.717) is 0 Å². The van der Waals surface area contributed by atoms with Crippen LogP contribution in [0.3, 0.4) is 0 Å². The lowest BCUT2D eigenvalue weighted by Gasteiger charge is -1.79. The highest BCUT2D eigenvalue weighted by Gasteiger charge is 1.68. The fourth-order valence-corrected chi connectivity index (χ4v) is 0.750. The van der Waals surface area contributed by atoms with E-state index in [0.717, 1.165) is 0 Å². The van der Waals surface area contributed by atoms with Crippen molar-refractivity contribution in [3.63, 3.8) is 0 Å². The lowest BCUT2D eigenvalue weighted by Crippen LogP contribution is -1.63. The first kappa shape index (κ1) is 5.53. The van der Waals surface area contributed by atoms with Crippen LogP contribution in [-0.2, 0) is 0 Å². The molecule has 0 aliphatic heterocycles. The molecule has 0 N–H and O–H groups in total. The Balaban J connectivity index is 2.19. The predicted molar refractivity (Wildman–Crippen MR) is 26.9 cm³/mol. The predicted octanol–water partition coefficient (Wildman–Crippen LogP) is 1.11. The van der Waals surface area contributed by atoms with Gasteiger partial charge in [0, 0.05) is 0 Å². The summed E-state index contributed by atoms with van der Waals surface area (Å²) >= 11 is 2.05. The first-order valence-corrected chi connectivity index (χ1v) is 3.21. The van der Waals surface area contributed by atoms with Gasteiger partial charge in [-0.1, -0.05) is 19.8 Å². The molecule has 0 aromatic rings. The summed E-state index contributed by atoms with van der Waals surface area (Å²) in [6.45, 7) is 2.22. The molecule has 0 aliphatic carbocycles. The molecule has 0 spiro atoms. The third kappa shape index (κ3) is 4.53. The van der Waals surface area contributed by atoms with Crippen molar-refractivity contribution < 1.29 is 0 Å². The molecule has 29 valence electrons. The molecule has 0 saturated carbocycles. The lowest BCUT2D eigenvalue weighted by atomic mass is 10.4. The minimum absolute atomic E-state index is 1.35. The minimum Gasteiger partial charge on any atom is -0.109 e. The third-order valence-electron chi connectivity index (χ3n) is 0.604. The average Bonchev–Trinajstić information content (AvgIpc) is 1.41. The Bertz CT molecular complexity index is 11.1. The van der Waals surface area contributed by atoms with Crippen LogP contribution in [0, 0.1) is 0 Å². The molecule has 0 heterocycles. The Morgan fingerprint density at radius 3 is 2.20 bits per heavy atom. The summed E-state index contributed by atoms with van der Waals surface area (Å²) in [5, 5.41) is 1.37. The molecular formula is C4H10Al. The Hall–Kier alpha value is 0.532. The van der Waals surface area contributed by atoms with Gasteiger partial charge >= 0.3 is 0 Å². The van der Waals surface area contributed by atoms with Crippen molar-refractivity contribution in [2.24, 2.45) is 0 Å². The van der Waals surface area contributed by atoms with Crippen molar-refractivity contribution in [2.75, 3.05) is 0 Å². The Morgan fingerprint density at radius 1 is 1.60 bits per heavy atom. The van der Waals surface area contributed by atoms with Crippen LogP contribution in [0.1, 0.15) is 19.8 Å². The lowest BCUT2D eigenvalue weighted by molar-refractivity contribution is 0.884. The van der Waals surface area contributed by atoms with E-state index < -0.39 is 0 Å². The molecule has 5 heavy (non-hydrogen) atoms. The number of unbranched alkanes of at least 4 members (excludes halogenated alkanes) is 1. The Morgan fingerprint density at radius 2 is 2.20 bits per heavy atom. The van der Waals surface area contributed by atoms with Gasteiger partial charge in [-0.2, -0.15) is 0 Å². The van der Waals surface area contributed by atoms with Crippen LogP contribution in [0.25, 0.3) is 0 Å². The average molecular weight is 85.1 g/mol. The van der Waals surface area contributed by atoms with Crippen molar-refractivity contribution in [2.45, 2.75) is 25.0 Å². The summed E-state index contributed by atoms with van der Waals surface area (Å²) in [6, 6.07) is 0. The minimum atomic E-state index is 1.35. The molecule has 0 atom stereocenters. The van der Waals surface area contributed by atoms with Crippen molar-refractivity contribution in [1.82, 2.24) is 0 Å². The highest BCUT2D eigenvalue weighted by molar-refractivity contribution is 6.08. The normalized spacial score (nSPS) is 8.20. The van der Waals surface area contributed by atoms with Crippen LogP contribution in [-0.4, -0.2) is 16.3 Å². The second kappa shape index (κ2) is 4.53. The van der Waals surface area contributed by atoms with Crippen LogP contribution in [0.5, 0.6) is 0 Å². The molecule has 0 unspecified atom stereocenters. The second-order valence-electron chi connectivity index (χ2n) is 1.21. The molecule has 0 aromatic heterocycles. The van der Waals surface area contributed by atoms with Gasteiger partial charge in [0.05, 0.1) is 0 Å². The zero-order valence-electron chi connectivity index (χ0n) is 3.83. The molecule has 0 saturated heterocycles. The van der Waals surface area contributed by atoms with E-state index in [4.69, 9.17) is 0 Å². The monoisotopic (exact) mass is 85.1 g/mol. The van der Waals surface area contributed by atoms with E-state index in [9.17, 15) is 0 Å². The first-order chi connectivity index (χ1) is 2.41. The second-order valence-corrected chi connectivity index (χ2v) is 1.91. The SMILES string of the molecule is CCC[CH2][AlH]. The summed E-state index contributed by atoms with van der Waals surface area (Å²) < 4.78 is 0. The first-order valence-electron chi connectivity index (χ1n) is 2.21. The highest BCUT2D eigenvalue weighted by atomic mass is 27.0. The van der Waals surface area contributed by atoms with Crippen LogP contribution >= 0.6 is 0 Å². The zero-order chi connectivity index (χ0) is 4.12. The Labute approximate surface area is 42.0 Å². The maximum Gasteiger partial charge on any atom is 0.173 e. The van der Waals surface area contributed by atoms with Gasteiger partial charge in [0.2, 0.25) is 0 Å². The summed E-state index contributed by atoms with van der Waals surface area (Å²) in [5.41, 5.74) is 0. The highest BCUT2D eigenvalue weighted by Crippen LogP contribution is 1.86. The zero-order valence-corrected chi connectivity index (χ0v) is 5.24. The third-order valence-corrected chi connectivity index (χ3v) is 1.10. The van der Waals surface area contributed by atoms with Gasteiger partial charge in [-0.25, -0.2) is 0 Å². The topological polar surface area (TPSA) is 0 Å². The molecule has 1 heteroatoms. The van der Waals surface area contributed by atoms with E-state index in [1.54, 1.807) is 0 Å². The fourth-order valence-electron chi connectivity index (χ4n) is 0.250. The summed E-state index contributed by atoms with van der Waals surface area (Å²) in [6.07, 6.45) is 2.75. The van der Waals surface area contributed by atoms with Gasteiger partial charge in [-0.05, 0) is 0 Å².